The lowest BCUT2D eigenvalue weighted by molar-refractivity contribution is 0.471. The summed E-state index contributed by atoms with van der Waals surface area (Å²) >= 11 is 0. The molecule has 3 aromatic rings. The number of hydrogen-bond acceptors (Lipinski definition) is 3. The van der Waals surface area contributed by atoms with Crippen LogP contribution in [0.4, 0.5) is 0 Å². The molecule has 4 nitrogen and oxygen atoms in total. The summed E-state index contributed by atoms with van der Waals surface area (Å²) in [4.78, 5) is 7.35. The third kappa shape index (κ3) is 1.64. The number of hydrogen-bond donors (Lipinski definition) is 2. The summed E-state index contributed by atoms with van der Waals surface area (Å²) in [6.07, 6.45) is 3.45. The van der Waals surface area contributed by atoms with Gasteiger partial charge in [0.15, 0.2) is 0 Å². The molecule has 0 fully saturated rings. The molecule has 0 saturated heterocycles. The van der Waals surface area contributed by atoms with Crippen molar-refractivity contribution >= 4 is 11.0 Å². The second kappa shape index (κ2) is 4.39. The van der Waals surface area contributed by atoms with E-state index in [1.165, 1.54) is 0 Å². The minimum Gasteiger partial charge on any atom is -0.508 e. The van der Waals surface area contributed by atoms with Gasteiger partial charge in [0.2, 0.25) is 0 Å². The summed E-state index contributed by atoms with van der Waals surface area (Å²) in [5, 5.41) is 20.2. The summed E-state index contributed by atoms with van der Waals surface area (Å²) in [7, 11) is 0. The maximum atomic E-state index is 9.91. The van der Waals surface area contributed by atoms with Gasteiger partial charge in [0.05, 0.1) is 5.56 Å². The van der Waals surface area contributed by atoms with Crippen LogP contribution in [0, 0.1) is 25.2 Å². The van der Waals surface area contributed by atoms with Gasteiger partial charge in [-0.05, 0) is 42.7 Å². The van der Waals surface area contributed by atoms with Gasteiger partial charge in [-0.15, -0.1) is 0 Å². The van der Waals surface area contributed by atoms with E-state index in [0.29, 0.717) is 11.2 Å². The van der Waals surface area contributed by atoms with Crippen LogP contribution in [0.25, 0.3) is 22.2 Å². The Morgan fingerprint density at radius 2 is 2.05 bits per heavy atom. The second-order valence-corrected chi connectivity index (χ2v) is 4.80. The zero-order valence-electron chi connectivity index (χ0n) is 11.2. The number of pyridine rings is 1. The number of benzene rings is 1. The van der Waals surface area contributed by atoms with Gasteiger partial charge in [0.1, 0.15) is 17.5 Å². The molecule has 0 saturated carbocycles. The monoisotopic (exact) mass is 263 g/mol. The fraction of sp³-hybridized carbons (Fsp3) is 0.125. The maximum Gasteiger partial charge on any atom is 0.138 e. The topological polar surface area (TPSA) is 72.7 Å². The van der Waals surface area contributed by atoms with E-state index in [1.807, 2.05) is 26.0 Å². The molecule has 1 aromatic carbocycles. The number of nitriles is 1. The highest BCUT2D eigenvalue weighted by atomic mass is 16.3. The molecule has 0 amide bonds. The average molecular weight is 263 g/mol. The molecule has 0 bridgehead atoms. The standard InChI is InChI=1S/C16H13N3O/c1-9-3-4-14(20)10(2)15(9)13-8-19-16-11(5-6-18-16)12(13)7-17/h3-6,8,20H,1-2H3,(H,18,19). The number of fused-ring (bicyclic) bond motifs is 1. The molecular formula is C16H13N3O. The Kier molecular flexibility index (Phi) is 2.69. The molecule has 0 spiro atoms. The molecule has 98 valence electrons. The highest BCUT2D eigenvalue weighted by molar-refractivity contribution is 5.91. The number of aryl methyl sites for hydroxylation is 1. The highest BCUT2D eigenvalue weighted by Gasteiger charge is 2.16. The van der Waals surface area contributed by atoms with Gasteiger partial charge in [-0.1, -0.05) is 6.07 Å². The van der Waals surface area contributed by atoms with Gasteiger partial charge in [0, 0.05) is 23.3 Å². The molecular weight excluding hydrogens is 250 g/mol. The minimum absolute atomic E-state index is 0.226. The summed E-state index contributed by atoms with van der Waals surface area (Å²) in [5.41, 5.74) is 4.67. The van der Waals surface area contributed by atoms with Crippen molar-refractivity contribution < 1.29 is 5.11 Å². The molecule has 0 unspecified atom stereocenters. The molecule has 4 heteroatoms. The third-order valence-corrected chi connectivity index (χ3v) is 3.61. The number of rotatable bonds is 1. The predicted octanol–water partition coefficient (Wildman–Crippen LogP) is 3.42. The van der Waals surface area contributed by atoms with Crippen LogP contribution in [0.1, 0.15) is 16.7 Å². The molecule has 0 atom stereocenters. The first-order valence-corrected chi connectivity index (χ1v) is 6.29. The Hall–Kier alpha value is -2.80. The fourth-order valence-electron chi connectivity index (χ4n) is 2.57. The Balaban J connectivity index is 2.42. The van der Waals surface area contributed by atoms with Gasteiger partial charge in [-0.3, -0.25) is 0 Å². The first-order valence-electron chi connectivity index (χ1n) is 6.29. The number of phenols is 1. The molecule has 0 radical (unpaired) electrons. The minimum atomic E-state index is 0.226. The molecule has 0 aliphatic rings. The lowest BCUT2D eigenvalue weighted by Gasteiger charge is -2.13. The normalized spacial score (nSPS) is 10.7. The smallest absolute Gasteiger partial charge is 0.138 e. The van der Waals surface area contributed by atoms with Crippen LogP contribution < -0.4 is 0 Å². The lowest BCUT2D eigenvalue weighted by Crippen LogP contribution is -1.94. The first-order chi connectivity index (χ1) is 9.63. The van der Waals surface area contributed by atoms with Gasteiger partial charge in [-0.2, -0.15) is 5.26 Å². The largest absolute Gasteiger partial charge is 0.508 e. The molecule has 20 heavy (non-hydrogen) atoms. The van der Waals surface area contributed by atoms with Crippen molar-refractivity contribution in [3.63, 3.8) is 0 Å². The van der Waals surface area contributed by atoms with Gasteiger partial charge >= 0.3 is 0 Å². The van der Waals surface area contributed by atoms with Crippen molar-refractivity contribution in [3.8, 4) is 22.9 Å². The Morgan fingerprint density at radius 3 is 2.80 bits per heavy atom. The number of nitrogens with one attached hydrogen (secondary N) is 1. The fourth-order valence-corrected chi connectivity index (χ4v) is 2.57. The molecule has 2 N–H and O–H groups in total. The summed E-state index contributed by atoms with van der Waals surface area (Å²) in [5.74, 6) is 0.226. The van der Waals surface area contributed by atoms with Crippen molar-refractivity contribution in [2.24, 2.45) is 0 Å². The quantitative estimate of drug-likeness (QED) is 0.706. The van der Waals surface area contributed by atoms with E-state index in [-0.39, 0.29) is 5.75 Å². The third-order valence-electron chi connectivity index (χ3n) is 3.61. The second-order valence-electron chi connectivity index (χ2n) is 4.80. The number of aromatic amines is 1. The number of nitrogens with zero attached hydrogens (tertiary/aromatic N) is 2. The van der Waals surface area contributed by atoms with E-state index in [9.17, 15) is 10.4 Å². The van der Waals surface area contributed by atoms with Gasteiger partial charge in [-0.25, -0.2) is 4.98 Å². The molecule has 3 rings (SSSR count). The molecule has 0 aliphatic heterocycles. The zero-order valence-corrected chi connectivity index (χ0v) is 11.2. The Morgan fingerprint density at radius 1 is 1.25 bits per heavy atom. The van der Waals surface area contributed by atoms with Crippen LogP contribution in [0.5, 0.6) is 5.75 Å². The number of aromatic hydroxyl groups is 1. The lowest BCUT2D eigenvalue weighted by atomic mass is 9.92. The van der Waals surface area contributed by atoms with E-state index in [1.54, 1.807) is 18.5 Å². The zero-order chi connectivity index (χ0) is 14.3. The van der Waals surface area contributed by atoms with Gasteiger partial charge in [0.25, 0.3) is 0 Å². The highest BCUT2D eigenvalue weighted by Crippen LogP contribution is 2.35. The van der Waals surface area contributed by atoms with Crippen LogP contribution >= 0.6 is 0 Å². The van der Waals surface area contributed by atoms with E-state index in [4.69, 9.17) is 0 Å². The maximum absolute atomic E-state index is 9.91. The molecule has 2 heterocycles. The average Bonchev–Trinajstić information content (AvgIpc) is 2.91. The Bertz CT molecular complexity index is 856. The van der Waals surface area contributed by atoms with Crippen LogP contribution in [-0.4, -0.2) is 15.1 Å². The first kappa shape index (κ1) is 12.2. The number of phenolic OH excluding ortho intramolecular Hbond substituents is 1. The summed E-state index contributed by atoms with van der Waals surface area (Å²) in [6, 6.07) is 7.62. The van der Waals surface area contributed by atoms with Crippen LogP contribution in [0.2, 0.25) is 0 Å². The summed E-state index contributed by atoms with van der Waals surface area (Å²) in [6.45, 7) is 3.81. The number of H-pyrrole nitrogens is 1. The molecule has 0 aliphatic carbocycles. The van der Waals surface area contributed by atoms with Crippen LogP contribution in [0.15, 0.2) is 30.6 Å². The van der Waals surface area contributed by atoms with Crippen LogP contribution in [-0.2, 0) is 0 Å². The Labute approximate surface area is 116 Å². The van der Waals surface area contributed by atoms with Crippen molar-refractivity contribution in [2.75, 3.05) is 0 Å². The molecule has 2 aromatic heterocycles. The van der Waals surface area contributed by atoms with E-state index >= 15 is 0 Å². The SMILES string of the molecule is Cc1ccc(O)c(C)c1-c1cnc2[nH]ccc2c1C#N. The van der Waals surface area contributed by atoms with E-state index < -0.39 is 0 Å². The van der Waals surface area contributed by atoms with Gasteiger partial charge < -0.3 is 10.1 Å². The predicted molar refractivity (Wildman–Crippen MR) is 77.4 cm³/mol. The summed E-state index contributed by atoms with van der Waals surface area (Å²) < 4.78 is 0. The van der Waals surface area contributed by atoms with Crippen molar-refractivity contribution in [2.45, 2.75) is 13.8 Å². The van der Waals surface area contributed by atoms with Crippen molar-refractivity contribution in [3.05, 3.63) is 47.3 Å². The van der Waals surface area contributed by atoms with E-state index in [0.717, 1.165) is 27.6 Å². The van der Waals surface area contributed by atoms with Crippen molar-refractivity contribution in [1.29, 1.82) is 5.26 Å². The number of aromatic nitrogens is 2. The van der Waals surface area contributed by atoms with Crippen LogP contribution in [0.3, 0.4) is 0 Å². The van der Waals surface area contributed by atoms with E-state index in [2.05, 4.69) is 16.0 Å². The van der Waals surface area contributed by atoms with Crippen molar-refractivity contribution in [1.82, 2.24) is 9.97 Å².